The molecule has 26 heavy (non-hydrogen) atoms. The summed E-state index contributed by atoms with van der Waals surface area (Å²) < 4.78 is 23.8. The minimum absolute atomic E-state index is 0.0489. The summed E-state index contributed by atoms with van der Waals surface area (Å²) in [6.45, 7) is 2.75. The summed E-state index contributed by atoms with van der Waals surface area (Å²) in [6.07, 6.45) is 1.88. The third-order valence-electron chi connectivity index (χ3n) is 4.67. The topological polar surface area (TPSA) is 75.7 Å². The number of likely N-dealkylation sites (tertiary alicyclic amines) is 1. The fourth-order valence-corrected chi connectivity index (χ4v) is 4.20. The molecule has 6 nitrogen and oxygen atoms in total. The number of amides is 1. The van der Waals surface area contributed by atoms with Crippen molar-refractivity contribution in [3.63, 3.8) is 0 Å². The van der Waals surface area contributed by atoms with Crippen LogP contribution < -0.4 is 4.89 Å². The second-order valence-electron chi connectivity index (χ2n) is 6.33. The van der Waals surface area contributed by atoms with Gasteiger partial charge in [0.05, 0.1) is 18.0 Å². The van der Waals surface area contributed by atoms with E-state index in [2.05, 4.69) is 23.9 Å². The first-order chi connectivity index (χ1) is 12.4. The molecule has 3 rings (SSSR count). The van der Waals surface area contributed by atoms with Gasteiger partial charge in [-0.25, -0.2) is 8.42 Å². The maximum Gasteiger partial charge on any atom is 0.262 e. The highest BCUT2D eigenvalue weighted by molar-refractivity contribution is 7.89. The van der Waals surface area contributed by atoms with Gasteiger partial charge in [0.1, 0.15) is 0 Å². The number of carbonyl (C=O) groups is 1. The van der Waals surface area contributed by atoms with Gasteiger partial charge in [-0.15, -0.1) is 0 Å². The van der Waals surface area contributed by atoms with Gasteiger partial charge in [-0.2, -0.15) is 0 Å². The van der Waals surface area contributed by atoms with Gasteiger partial charge in [0.15, 0.2) is 0 Å². The zero-order chi connectivity index (χ0) is 18.7. The Balaban J connectivity index is 1.84. The van der Waals surface area contributed by atoms with Crippen molar-refractivity contribution < 1.29 is 18.0 Å². The third-order valence-corrected chi connectivity index (χ3v) is 5.94. The Morgan fingerprint density at radius 2 is 1.85 bits per heavy atom. The van der Waals surface area contributed by atoms with Crippen LogP contribution in [0.4, 0.5) is 0 Å². The second-order valence-corrected chi connectivity index (χ2v) is 7.97. The first kappa shape index (κ1) is 18.6. The minimum Gasteiger partial charge on any atom is -0.332 e. The molecule has 1 unspecified atom stereocenters. The molecule has 1 N–H and O–H groups in total. The van der Waals surface area contributed by atoms with Gasteiger partial charge in [0.2, 0.25) is 0 Å². The SMILES string of the molecule is CONS(=O)(=O)c1ccc(C(=O)N2CCCC2c2ccccc2C)cc1. The number of sulfonamides is 1. The van der Waals surface area contributed by atoms with E-state index in [4.69, 9.17) is 0 Å². The summed E-state index contributed by atoms with van der Waals surface area (Å²) in [4.78, 5) is 21.3. The molecule has 0 saturated carbocycles. The Morgan fingerprint density at radius 3 is 2.50 bits per heavy atom. The highest BCUT2D eigenvalue weighted by Gasteiger charge is 2.31. The lowest BCUT2D eigenvalue weighted by Crippen LogP contribution is -2.31. The van der Waals surface area contributed by atoms with E-state index < -0.39 is 10.0 Å². The minimum atomic E-state index is -3.73. The molecule has 1 atom stereocenters. The van der Waals surface area contributed by atoms with E-state index in [1.54, 1.807) is 12.1 Å². The summed E-state index contributed by atoms with van der Waals surface area (Å²) >= 11 is 0. The van der Waals surface area contributed by atoms with Gasteiger partial charge in [-0.3, -0.25) is 9.63 Å². The van der Waals surface area contributed by atoms with E-state index in [-0.39, 0.29) is 16.8 Å². The molecule has 0 spiro atoms. The Labute approximate surface area is 153 Å². The first-order valence-electron chi connectivity index (χ1n) is 8.45. The maximum absolute atomic E-state index is 13.0. The van der Waals surface area contributed by atoms with Crippen LogP contribution in [-0.2, 0) is 14.9 Å². The van der Waals surface area contributed by atoms with Crippen molar-refractivity contribution in [1.29, 1.82) is 0 Å². The quantitative estimate of drug-likeness (QED) is 0.817. The molecule has 0 aliphatic carbocycles. The predicted octanol–water partition coefficient (Wildman–Crippen LogP) is 2.81. The van der Waals surface area contributed by atoms with Gasteiger partial charge in [-0.05, 0) is 55.2 Å². The lowest BCUT2D eigenvalue weighted by atomic mass is 9.99. The second kappa shape index (κ2) is 7.57. The van der Waals surface area contributed by atoms with Crippen LogP contribution in [0, 0.1) is 6.92 Å². The van der Waals surface area contributed by atoms with Crippen LogP contribution in [-0.4, -0.2) is 32.9 Å². The zero-order valence-corrected chi connectivity index (χ0v) is 15.6. The number of nitrogens with one attached hydrogen (secondary N) is 1. The molecule has 1 fully saturated rings. The van der Waals surface area contributed by atoms with Gasteiger partial charge >= 0.3 is 0 Å². The number of rotatable bonds is 5. The van der Waals surface area contributed by atoms with E-state index in [0.29, 0.717) is 12.1 Å². The largest absolute Gasteiger partial charge is 0.332 e. The normalized spacial score (nSPS) is 17.5. The molecule has 1 aliphatic heterocycles. The number of carbonyl (C=O) groups excluding carboxylic acids is 1. The Hall–Kier alpha value is -2.22. The Kier molecular flexibility index (Phi) is 5.41. The summed E-state index contributed by atoms with van der Waals surface area (Å²) in [7, 11) is -2.50. The molecule has 1 heterocycles. The van der Waals surface area contributed by atoms with E-state index >= 15 is 0 Å². The average molecular weight is 374 g/mol. The van der Waals surface area contributed by atoms with Gasteiger partial charge in [0.25, 0.3) is 15.9 Å². The predicted molar refractivity (Wildman–Crippen MR) is 98.0 cm³/mol. The Morgan fingerprint density at radius 1 is 1.15 bits per heavy atom. The molecule has 7 heteroatoms. The van der Waals surface area contributed by atoms with Crippen molar-refractivity contribution in [1.82, 2.24) is 9.79 Å². The van der Waals surface area contributed by atoms with Crippen LogP contribution in [0.3, 0.4) is 0 Å². The van der Waals surface area contributed by atoms with Gasteiger partial charge in [0, 0.05) is 12.1 Å². The number of benzene rings is 2. The molecule has 1 amide bonds. The third kappa shape index (κ3) is 3.65. The standard InChI is InChI=1S/C19H22N2O4S/c1-14-6-3-4-7-17(14)18-8-5-13-21(18)19(22)15-9-11-16(12-10-15)26(23,24)20-25-2/h3-4,6-7,9-12,18,20H,5,8,13H2,1-2H3. The summed E-state index contributed by atoms with van der Waals surface area (Å²) in [6, 6.07) is 14.1. The molecular weight excluding hydrogens is 352 g/mol. The van der Waals surface area contributed by atoms with Crippen LogP contribution in [0.1, 0.15) is 40.4 Å². The van der Waals surface area contributed by atoms with E-state index in [1.165, 1.54) is 30.4 Å². The fraction of sp³-hybridized carbons (Fsp3) is 0.316. The molecule has 2 aromatic carbocycles. The molecular formula is C19H22N2O4S. The number of hydrogen-bond acceptors (Lipinski definition) is 4. The van der Waals surface area contributed by atoms with Gasteiger partial charge in [-0.1, -0.05) is 29.2 Å². The molecule has 0 radical (unpaired) electrons. The van der Waals surface area contributed by atoms with Crippen LogP contribution in [0.15, 0.2) is 53.4 Å². The zero-order valence-electron chi connectivity index (χ0n) is 14.8. The molecule has 0 aromatic heterocycles. The molecule has 2 aromatic rings. The van der Waals surface area contributed by atoms with E-state index in [9.17, 15) is 13.2 Å². The molecule has 138 valence electrons. The maximum atomic E-state index is 13.0. The van der Waals surface area contributed by atoms with Crippen molar-refractivity contribution in [3.05, 3.63) is 65.2 Å². The van der Waals surface area contributed by atoms with Crippen molar-refractivity contribution >= 4 is 15.9 Å². The van der Waals surface area contributed by atoms with Crippen molar-refractivity contribution in [2.24, 2.45) is 0 Å². The first-order valence-corrected chi connectivity index (χ1v) is 9.93. The summed E-state index contributed by atoms with van der Waals surface area (Å²) in [5, 5.41) is 0. The fourth-order valence-electron chi connectivity index (χ4n) is 3.39. The lowest BCUT2D eigenvalue weighted by Gasteiger charge is -2.26. The summed E-state index contributed by atoms with van der Waals surface area (Å²) in [5.74, 6) is -0.0839. The van der Waals surface area contributed by atoms with Crippen molar-refractivity contribution in [2.45, 2.75) is 30.7 Å². The molecule has 1 saturated heterocycles. The smallest absolute Gasteiger partial charge is 0.262 e. The van der Waals surface area contributed by atoms with E-state index in [1.807, 2.05) is 21.9 Å². The van der Waals surface area contributed by atoms with Crippen LogP contribution in [0.5, 0.6) is 0 Å². The van der Waals surface area contributed by atoms with Gasteiger partial charge < -0.3 is 4.90 Å². The summed E-state index contributed by atoms with van der Waals surface area (Å²) in [5.41, 5.74) is 2.81. The highest BCUT2D eigenvalue weighted by atomic mass is 32.2. The number of nitrogens with zero attached hydrogens (tertiary/aromatic N) is 1. The Bertz CT molecular complexity index is 894. The molecule has 1 aliphatic rings. The van der Waals surface area contributed by atoms with Crippen LogP contribution >= 0.6 is 0 Å². The van der Waals surface area contributed by atoms with Crippen molar-refractivity contribution in [2.75, 3.05) is 13.7 Å². The van der Waals surface area contributed by atoms with Crippen LogP contribution in [0.2, 0.25) is 0 Å². The number of aryl methyl sites for hydroxylation is 1. The van der Waals surface area contributed by atoms with Crippen molar-refractivity contribution in [3.8, 4) is 0 Å². The van der Waals surface area contributed by atoms with Crippen LogP contribution in [0.25, 0.3) is 0 Å². The number of hydrogen-bond donors (Lipinski definition) is 1. The lowest BCUT2D eigenvalue weighted by molar-refractivity contribution is 0.0735. The average Bonchev–Trinajstić information content (AvgIpc) is 3.11. The van der Waals surface area contributed by atoms with E-state index in [0.717, 1.165) is 12.8 Å². The highest BCUT2D eigenvalue weighted by Crippen LogP contribution is 2.34. The molecule has 0 bridgehead atoms. The monoisotopic (exact) mass is 374 g/mol.